The van der Waals surface area contributed by atoms with Gasteiger partial charge in [0.05, 0.1) is 6.61 Å². The van der Waals surface area contributed by atoms with Gasteiger partial charge in [-0.3, -0.25) is 4.89 Å². The summed E-state index contributed by atoms with van der Waals surface area (Å²) in [6, 6.07) is 7.94. The van der Waals surface area contributed by atoms with Crippen molar-refractivity contribution in [1.29, 1.82) is 0 Å². The molecule has 3 nitrogen and oxygen atoms in total. The molecule has 2 unspecified atom stereocenters. The molecule has 1 aliphatic rings. The lowest BCUT2D eigenvalue weighted by atomic mass is 9.77. The van der Waals surface area contributed by atoms with Gasteiger partial charge in [-0.05, 0) is 12.2 Å². The highest BCUT2D eigenvalue weighted by Crippen LogP contribution is 2.45. The standard InChI is InChI=1S/C12H17BO3P/c1-9(2)17(3,14)11-6-4-10(5-7-11)12-8-15-16-13-12/h4-7,9,12H,8H2,1-3H3. The first kappa shape index (κ1) is 12.9. The molecule has 2 atom stereocenters. The molecule has 0 spiro atoms. The van der Waals surface area contributed by atoms with E-state index in [0.717, 1.165) is 10.9 Å². The number of benzene rings is 1. The molecule has 0 saturated carbocycles. The van der Waals surface area contributed by atoms with Crippen molar-refractivity contribution in [1.82, 2.24) is 0 Å². The van der Waals surface area contributed by atoms with Crippen LogP contribution >= 0.6 is 7.14 Å². The van der Waals surface area contributed by atoms with E-state index < -0.39 is 7.14 Å². The first-order valence-electron chi connectivity index (χ1n) is 5.81. The predicted molar refractivity (Wildman–Crippen MR) is 70.3 cm³/mol. The average Bonchev–Trinajstić information content (AvgIpc) is 2.82. The molecule has 1 fully saturated rings. The summed E-state index contributed by atoms with van der Waals surface area (Å²) in [4.78, 5) is 9.60. The Hall–Kier alpha value is -0.565. The van der Waals surface area contributed by atoms with Crippen LogP contribution in [0.1, 0.15) is 25.2 Å². The van der Waals surface area contributed by atoms with Crippen molar-refractivity contribution in [3.05, 3.63) is 29.8 Å². The van der Waals surface area contributed by atoms with E-state index in [-0.39, 0.29) is 11.5 Å². The predicted octanol–water partition coefficient (Wildman–Crippen LogP) is 2.34. The molecule has 2 rings (SSSR count). The molecule has 0 amide bonds. The molecular weight excluding hydrogens is 234 g/mol. The monoisotopic (exact) mass is 251 g/mol. The second kappa shape index (κ2) is 4.97. The fraction of sp³-hybridized carbons (Fsp3) is 0.500. The van der Waals surface area contributed by atoms with Crippen LogP contribution in [-0.2, 0) is 14.3 Å². The first-order chi connectivity index (χ1) is 8.01. The molecule has 1 aromatic carbocycles. The van der Waals surface area contributed by atoms with Crippen molar-refractivity contribution in [2.75, 3.05) is 13.3 Å². The minimum absolute atomic E-state index is 0.179. The van der Waals surface area contributed by atoms with E-state index in [1.54, 1.807) is 7.48 Å². The number of hydrogen-bond acceptors (Lipinski definition) is 3. The zero-order valence-corrected chi connectivity index (χ0v) is 11.3. The van der Waals surface area contributed by atoms with Gasteiger partial charge >= 0.3 is 7.48 Å². The van der Waals surface area contributed by atoms with Gasteiger partial charge in [0.2, 0.25) is 0 Å². The SMILES string of the molecule is CC(C)P(C)(=O)c1ccc(C2[B]OOC2)cc1. The summed E-state index contributed by atoms with van der Waals surface area (Å²) in [5, 5.41) is 0.941. The van der Waals surface area contributed by atoms with E-state index in [9.17, 15) is 4.57 Å². The summed E-state index contributed by atoms with van der Waals surface area (Å²) in [5.74, 6) is 0.180. The third-order valence-electron chi connectivity index (χ3n) is 3.35. The quantitative estimate of drug-likeness (QED) is 0.470. The van der Waals surface area contributed by atoms with Crippen LogP contribution in [-0.4, -0.2) is 26.4 Å². The Morgan fingerprint density at radius 1 is 1.35 bits per heavy atom. The van der Waals surface area contributed by atoms with E-state index in [1.807, 2.05) is 44.8 Å². The van der Waals surface area contributed by atoms with Crippen LogP contribution in [0.25, 0.3) is 0 Å². The normalized spacial score (nSPS) is 23.4. The lowest BCUT2D eigenvalue weighted by Crippen LogP contribution is -2.12. The van der Waals surface area contributed by atoms with E-state index in [2.05, 4.69) is 0 Å². The molecule has 91 valence electrons. The third kappa shape index (κ3) is 2.65. The summed E-state index contributed by atoms with van der Waals surface area (Å²) >= 11 is 0. The maximum Gasteiger partial charge on any atom is 0.354 e. The van der Waals surface area contributed by atoms with Gasteiger partial charge in [-0.1, -0.05) is 38.1 Å². The first-order valence-corrected chi connectivity index (χ1v) is 8.03. The van der Waals surface area contributed by atoms with Gasteiger partial charge in [-0.25, -0.2) is 0 Å². The topological polar surface area (TPSA) is 35.5 Å². The van der Waals surface area contributed by atoms with Crippen LogP contribution in [0.15, 0.2) is 24.3 Å². The van der Waals surface area contributed by atoms with E-state index in [1.165, 1.54) is 0 Å². The second-order valence-electron chi connectivity index (χ2n) is 4.80. The number of rotatable bonds is 3. The van der Waals surface area contributed by atoms with E-state index >= 15 is 0 Å². The average molecular weight is 251 g/mol. The fourth-order valence-corrected chi connectivity index (χ4v) is 3.09. The summed E-state index contributed by atoms with van der Waals surface area (Å²) in [6.07, 6.45) is 0. The van der Waals surface area contributed by atoms with Crippen LogP contribution in [0.2, 0.25) is 0 Å². The summed E-state index contributed by atoms with van der Waals surface area (Å²) in [7, 11) is -0.557. The van der Waals surface area contributed by atoms with Gasteiger partial charge in [-0.2, -0.15) is 0 Å². The molecule has 0 aliphatic carbocycles. The van der Waals surface area contributed by atoms with Gasteiger partial charge in [-0.15, -0.1) is 0 Å². The number of hydrogen-bond donors (Lipinski definition) is 0. The minimum Gasteiger partial charge on any atom is -0.319 e. The third-order valence-corrected chi connectivity index (χ3v) is 6.65. The Balaban J connectivity index is 2.21. The van der Waals surface area contributed by atoms with Crippen molar-refractivity contribution < 1.29 is 14.3 Å². The molecule has 1 radical (unpaired) electrons. The lowest BCUT2D eigenvalue weighted by molar-refractivity contribution is -0.183. The Labute approximate surface area is 103 Å². The molecule has 1 aliphatic heterocycles. The van der Waals surface area contributed by atoms with Crippen molar-refractivity contribution in [3.63, 3.8) is 0 Å². The molecule has 0 aromatic heterocycles. The molecule has 0 N–H and O–H groups in total. The van der Waals surface area contributed by atoms with Crippen molar-refractivity contribution in [3.8, 4) is 0 Å². The zero-order chi connectivity index (χ0) is 12.5. The Bertz CT molecular complexity index is 424. The van der Waals surface area contributed by atoms with E-state index in [0.29, 0.717) is 6.61 Å². The zero-order valence-electron chi connectivity index (χ0n) is 10.4. The Morgan fingerprint density at radius 2 is 2.00 bits per heavy atom. The van der Waals surface area contributed by atoms with Gasteiger partial charge in [0.1, 0.15) is 7.14 Å². The minimum atomic E-state index is -2.24. The second-order valence-corrected chi connectivity index (χ2v) is 8.33. The van der Waals surface area contributed by atoms with Gasteiger partial charge < -0.3 is 9.37 Å². The highest BCUT2D eigenvalue weighted by Gasteiger charge is 2.25. The smallest absolute Gasteiger partial charge is 0.319 e. The van der Waals surface area contributed by atoms with Crippen LogP contribution in [0.5, 0.6) is 0 Å². The van der Waals surface area contributed by atoms with Gasteiger partial charge in [0.25, 0.3) is 0 Å². The Morgan fingerprint density at radius 3 is 2.47 bits per heavy atom. The highest BCUT2D eigenvalue weighted by molar-refractivity contribution is 7.71. The Kier molecular flexibility index (Phi) is 3.77. The van der Waals surface area contributed by atoms with E-state index in [4.69, 9.17) is 9.69 Å². The summed E-state index contributed by atoms with van der Waals surface area (Å²) in [6.45, 7) is 6.40. The molecule has 0 bridgehead atoms. The summed E-state index contributed by atoms with van der Waals surface area (Å²) in [5.41, 5.74) is 1.31. The van der Waals surface area contributed by atoms with Crippen LogP contribution in [0.3, 0.4) is 0 Å². The van der Waals surface area contributed by atoms with Crippen molar-refractivity contribution in [2.24, 2.45) is 0 Å². The fourth-order valence-electron chi connectivity index (χ4n) is 1.75. The molecule has 5 heteroatoms. The van der Waals surface area contributed by atoms with Gasteiger partial charge in [0, 0.05) is 16.8 Å². The molecule has 17 heavy (non-hydrogen) atoms. The largest absolute Gasteiger partial charge is 0.354 e. The molecule has 1 heterocycles. The highest BCUT2D eigenvalue weighted by atomic mass is 31.2. The van der Waals surface area contributed by atoms with Crippen LogP contribution in [0, 0.1) is 0 Å². The summed E-state index contributed by atoms with van der Waals surface area (Å²) < 4.78 is 12.5. The molecule has 1 aromatic rings. The van der Waals surface area contributed by atoms with Crippen molar-refractivity contribution in [2.45, 2.75) is 25.3 Å². The van der Waals surface area contributed by atoms with Crippen LogP contribution < -0.4 is 5.30 Å². The van der Waals surface area contributed by atoms with Crippen molar-refractivity contribution >= 4 is 19.9 Å². The lowest BCUT2D eigenvalue weighted by Gasteiger charge is -2.18. The van der Waals surface area contributed by atoms with Gasteiger partial charge in [0.15, 0.2) is 0 Å². The molecular formula is C12H17BO3P. The maximum absolute atomic E-state index is 12.5. The van der Waals surface area contributed by atoms with Crippen LogP contribution in [0.4, 0.5) is 0 Å². The molecule has 1 saturated heterocycles. The maximum atomic E-state index is 12.5.